The van der Waals surface area contributed by atoms with Crippen LogP contribution in [0.15, 0.2) is 35.3 Å². The third-order valence-corrected chi connectivity index (χ3v) is 4.07. The maximum absolute atomic E-state index is 14.4. The van der Waals surface area contributed by atoms with E-state index in [-0.39, 0.29) is 22.6 Å². The molecule has 0 aliphatic rings. The Morgan fingerprint density at radius 2 is 2.04 bits per heavy atom. The van der Waals surface area contributed by atoms with Crippen molar-refractivity contribution >= 4 is 23.6 Å². The Labute approximate surface area is 157 Å². The largest absolute Gasteiger partial charge is 0.501 e. The molecule has 1 aromatic carbocycles. The monoisotopic (exact) mass is 374 g/mol. The van der Waals surface area contributed by atoms with Gasteiger partial charge in [-0.25, -0.2) is 9.18 Å². The molecule has 2 aromatic rings. The highest BCUT2D eigenvalue weighted by Gasteiger charge is 2.21. The van der Waals surface area contributed by atoms with Crippen LogP contribution in [-0.2, 0) is 22.9 Å². The van der Waals surface area contributed by atoms with Gasteiger partial charge in [-0.1, -0.05) is 13.0 Å². The SMILES string of the molecule is CCOC=Cc1cc(=O)n(C)c(Nc2ccc(CC)cc2F)c1C(=O)OC. The molecule has 0 aliphatic heterocycles. The molecule has 0 fully saturated rings. The average molecular weight is 374 g/mol. The summed E-state index contributed by atoms with van der Waals surface area (Å²) in [7, 11) is 2.73. The Morgan fingerprint density at radius 1 is 1.30 bits per heavy atom. The van der Waals surface area contributed by atoms with Crippen LogP contribution in [0, 0.1) is 5.82 Å². The Morgan fingerprint density at radius 3 is 2.63 bits per heavy atom. The van der Waals surface area contributed by atoms with Crippen LogP contribution in [0.2, 0.25) is 0 Å². The lowest BCUT2D eigenvalue weighted by Gasteiger charge is -2.17. The zero-order valence-corrected chi connectivity index (χ0v) is 15.8. The first-order valence-electron chi connectivity index (χ1n) is 8.58. The van der Waals surface area contributed by atoms with E-state index in [1.165, 1.54) is 43.2 Å². The standard InChI is InChI=1S/C20H23FN2O4/c1-5-13-7-8-16(15(21)11-13)22-19-18(20(25)26-4)14(9-10-27-6-2)12-17(24)23(19)3/h7-12,22H,5-6H2,1-4H3. The topological polar surface area (TPSA) is 69.6 Å². The number of hydrogen-bond acceptors (Lipinski definition) is 5. The maximum Gasteiger partial charge on any atom is 0.342 e. The van der Waals surface area contributed by atoms with Crippen molar-refractivity contribution in [2.45, 2.75) is 20.3 Å². The highest BCUT2D eigenvalue weighted by Crippen LogP contribution is 2.26. The molecule has 2 rings (SSSR count). The number of aryl methyl sites for hydroxylation is 1. The van der Waals surface area contributed by atoms with E-state index in [1.807, 2.05) is 13.8 Å². The number of benzene rings is 1. The molecule has 0 spiro atoms. The molecule has 0 radical (unpaired) electrons. The fourth-order valence-corrected chi connectivity index (χ4v) is 2.54. The van der Waals surface area contributed by atoms with E-state index in [0.717, 1.165) is 5.56 Å². The van der Waals surface area contributed by atoms with Crippen molar-refractivity contribution in [3.63, 3.8) is 0 Å². The van der Waals surface area contributed by atoms with Crippen LogP contribution < -0.4 is 10.9 Å². The first-order chi connectivity index (χ1) is 12.9. The number of nitrogens with zero attached hydrogens (tertiary/aromatic N) is 1. The lowest BCUT2D eigenvalue weighted by Crippen LogP contribution is -2.24. The maximum atomic E-state index is 14.4. The molecule has 0 saturated heterocycles. The van der Waals surface area contributed by atoms with Crippen LogP contribution in [0.4, 0.5) is 15.9 Å². The van der Waals surface area contributed by atoms with E-state index in [4.69, 9.17) is 9.47 Å². The Hall–Kier alpha value is -3.09. The van der Waals surface area contributed by atoms with E-state index < -0.39 is 11.8 Å². The highest BCUT2D eigenvalue weighted by atomic mass is 19.1. The second kappa shape index (κ2) is 9.02. The van der Waals surface area contributed by atoms with Gasteiger partial charge >= 0.3 is 5.97 Å². The van der Waals surface area contributed by atoms with Crippen molar-refractivity contribution < 1.29 is 18.7 Å². The average Bonchev–Trinajstić information content (AvgIpc) is 2.66. The van der Waals surface area contributed by atoms with Gasteiger partial charge in [0.05, 0.1) is 25.7 Å². The van der Waals surface area contributed by atoms with Gasteiger partial charge in [0.1, 0.15) is 17.2 Å². The molecule has 27 heavy (non-hydrogen) atoms. The van der Waals surface area contributed by atoms with E-state index in [0.29, 0.717) is 18.6 Å². The minimum absolute atomic E-state index is 0.106. The Kier molecular flexibility index (Phi) is 6.76. The summed E-state index contributed by atoms with van der Waals surface area (Å²) in [6.07, 6.45) is 3.58. The molecule has 0 aliphatic carbocycles. The van der Waals surface area contributed by atoms with Crippen molar-refractivity contribution in [2.75, 3.05) is 19.0 Å². The first-order valence-corrected chi connectivity index (χ1v) is 8.58. The van der Waals surface area contributed by atoms with Gasteiger partial charge in [-0.3, -0.25) is 9.36 Å². The number of methoxy groups -OCH3 is 1. The number of aromatic nitrogens is 1. The van der Waals surface area contributed by atoms with Gasteiger partial charge in [0, 0.05) is 18.7 Å². The van der Waals surface area contributed by atoms with Crippen LogP contribution in [-0.4, -0.2) is 24.3 Å². The van der Waals surface area contributed by atoms with Crippen molar-refractivity contribution in [1.82, 2.24) is 4.57 Å². The molecule has 7 heteroatoms. The molecule has 1 N–H and O–H groups in total. The number of ether oxygens (including phenoxy) is 2. The van der Waals surface area contributed by atoms with Gasteiger partial charge in [0.15, 0.2) is 0 Å². The van der Waals surface area contributed by atoms with E-state index >= 15 is 0 Å². The van der Waals surface area contributed by atoms with E-state index in [2.05, 4.69) is 5.32 Å². The minimum Gasteiger partial charge on any atom is -0.501 e. The smallest absolute Gasteiger partial charge is 0.342 e. The summed E-state index contributed by atoms with van der Waals surface area (Å²) in [5.74, 6) is -1.00. The fourth-order valence-electron chi connectivity index (χ4n) is 2.54. The van der Waals surface area contributed by atoms with Gasteiger partial charge in [0.25, 0.3) is 5.56 Å². The summed E-state index contributed by atoms with van der Waals surface area (Å²) in [4.78, 5) is 24.7. The van der Waals surface area contributed by atoms with Crippen LogP contribution in [0.25, 0.3) is 6.08 Å². The Balaban J connectivity index is 2.62. The van der Waals surface area contributed by atoms with Crippen molar-refractivity contribution in [3.05, 3.63) is 63.4 Å². The second-order valence-corrected chi connectivity index (χ2v) is 5.76. The number of carbonyl (C=O) groups excluding carboxylic acids is 1. The molecule has 144 valence electrons. The third kappa shape index (κ3) is 4.55. The van der Waals surface area contributed by atoms with Crippen molar-refractivity contribution in [3.8, 4) is 0 Å². The molecule has 1 heterocycles. The molecular weight excluding hydrogens is 351 g/mol. The number of halogens is 1. The summed E-state index contributed by atoms with van der Waals surface area (Å²) in [6.45, 7) is 4.18. The van der Waals surface area contributed by atoms with Gasteiger partial charge in [0.2, 0.25) is 0 Å². The fraction of sp³-hybridized carbons (Fsp3) is 0.300. The number of anilines is 2. The lowest BCUT2D eigenvalue weighted by molar-refractivity contribution is 0.0601. The van der Waals surface area contributed by atoms with Crippen LogP contribution in [0.5, 0.6) is 0 Å². The van der Waals surface area contributed by atoms with Crippen LogP contribution in [0.3, 0.4) is 0 Å². The summed E-state index contributed by atoms with van der Waals surface area (Å²) in [6, 6.07) is 6.06. The molecule has 0 saturated carbocycles. The van der Waals surface area contributed by atoms with Gasteiger partial charge in [-0.15, -0.1) is 0 Å². The second-order valence-electron chi connectivity index (χ2n) is 5.76. The molecular formula is C20H23FN2O4. The molecule has 0 bridgehead atoms. The quantitative estimate of drug-likeness (QED) is 0.592. The van der Waals surface area contributed by atoms with Crippen LogP contribution >= 0.6 is 0 Å². The van der Waals surface area contributed by atoms with Crippen LogP contribution in [0.1, 0.15) is 35.3 Å². The summed E-state index contributed by atoms with van der Waals surface area (Å²) in [5.41, 5.74) is 1.04. The third-order valence-electron chi connectivity index (χ3n) is 4.07. The molecule has 0 unspecified atom stereocenters. The predicted molar refractivity (Wildman–Crippen MR) is 103 cm³/mol. The van der Waals surface area contributed by atoms with Crippen molar-refractivity contribution in [1.29, 1.82) is 0 Å². The first kappa shape index (κ1) is 20.2. The van der Waals surface area contributed by atoms with E-state index in [9.17, 15) is 14.0 Å². The predicted octanol–water partition coefficient (Wildman–Crippen LogP) is 3.62. The van der Waals surface area contributed by atoms with Gasteiger partial charge in [-0.2, -0.15) is 0 Å². The Bertz CT molecular complexity index is 919. The number of rotatable bonds is 7. The molecule has 0 amide bonds. The summed E-state index contributed by atoms with van der Waals surface area (Å²) in [5, 5.41) is 2.86. The number of hydrogen-bond donors (Lipinski definition) is 1. The molecule has 6 nitrogen and oxygen atoms in total. The number of nitrogens with one attached hydrogen (secondary N) is 1. The molecule has 0 atom stereocenters. The normalized spacial score (nSPS) is 10.9. The summed E-state index contributed by atoms with van der Waals surface area (Å²) >= 11 is 0. The number of carbonyl (C=O) groups is 1. The zero-order valence-electron chi connectivity index (χ0n) is 15.8. The summed E-state index contributed by atoms with van der Waals surface area (Å²) < 4.78 is 25.7. The zero-order chi connectivity index (χ0) is 20.0. The van der Waals surface area contributed by atoms with Gasteiger partial charge < -0.3 is 14.8 Å². The number of pyridine rings is 1. The highest BCUT2D eigenvalue weighted by molar-refractivity contribution is 5.99. The minimum atomic E-state index is -0.658. The van der Waals surface area contributed by atoms with Gasteiger partial charge in [-0.05, 0) is 37.1 Å². The lowest BCUT2D eigenvalue weighted by atomic mass is 10.1. The van der Waals surface area contributed by atoms with Crippen molar-refractivity contribution in [2.24, 2.45) is 7.05 Å². The molecule has 1 aromatic heterocycles. The van der Waals surface area contributed by atoms with E-state index in [1.54, 1.807) is 12.1 Å². The number of esters is 1.